The Morgan fingerprint density at radius 1 is 0.643 bits per heavy atom. The maximum absolute atomic E-state index is 6.78. The molecular formula is C19H50N2O3Si4. The molecule has 0 aromatic heterocycles. The lowest BCUT2D eigenvalue weighted by Gasteiger charge is -2.41. The molecule has 0 saturated carbocycles. The zero-order valence-electron chi connectivity index (χ0n) is 21.1. The molecule has 0 amide bonds. The summed E-state index contributed by atoms with van der Waals surface area (Å²) < 4.78 is 20.0. The zero-order chi connectivity index (χ0) is 22.2. The van der Waals surface area contributed by atoms with Crippen molar-refractivity contribution in [1.82, 2.24) is 9.80 Å². The SMILES string of the molecule is CCN(C)CCN(CC)CCC[Si](C)(O[Si](C)(C)C)O[Si](C)(C)O[Si](C)(C)C. The van der Waals surface area contributed by atoms with E-state index in [0.29, 0.717) is 0 Å². The third-order valence-electron chi connectivity index (χ3n) is 4.43. The van der Waals surface area contributed by atoms with Crippen LogP contribution in [0.4, 0.5) is 0 Å². The molecule has 0 aliphatic carbocycles. The number of rotatable bonds is 15. The summed E-state index contributed by atoms with van der Waals surface area (Å²) >= 11 is 0. The van der Waals surface area contributed by atoms with Crippen LogP contribution in [0, 0.1) is 0 Å². The molecule has 1 unspecified atom stereocenters. The molecule has 0 fully saturated rings. The Morgan fingerprint density at radius 3 is 1.61 bits per heavy atom. The third-order valence-corrected chi connectivity index (χ3v) is 18.0. The first kappa shape index (κ1) is 28.7. The van der Waals surface area contributed by atoms with Gasteiger partial charge in [0, 0.05) is 13.1 Å². The van der Waals surface area contributed by atoms with E-state index in [0.717, 1.165) is 45.2 Å². The van der Waals surface area contributed by atoms with E-state index in [9.17, 15) is 0 Å². The lowest BCUT2D eigenvalue weighted by atomic mass is 10.4. The van der Waals surface area contributed by atoms with Crippen molar-refractivity contribution < 1.29 is 12.3 Å². The van der Waals surface area contributed by atoms with Crippen molar-refractivity contribution in [2.75, 3.05) is 39.8 Å². The minimum atomic E-state index is -2.27. The van der Waals surface area contributed by atoms with Crippen LogP contribution < -0.4 is 0 Å². The summed E-state index contributed by atoms with van der Waals surface area (Å²) in [5, 5.41) is 0. The van der Waals surface area contributed by atoms with Crippen LogP contribution in [0.3, 0.4) is 0 Å². The Kier molecular flexibility index (Phi) is 12.2. The first-order valence-electron chi connectivity index (χ1n) is 11.0. The average Bonchev–Trinajstić information content (AvgIpc) is 2.44. The van der Waals surface area contributed by atoms with Crippen molar-refractivity contribution in [2.45, 2.75) is 85.2 Å². The van der Waals surface area contributed by atoms with Gasteiger partial charge in [0.25, 0.3) is 0 Å². The monoisotopic (exact) mass is 466 g/mol. The molecule has 1 atom stereocenters. The van der Waals surface area contributed by atoms with Gasteiger partial charge in [-0.25, -0.2) is 0 Å². The van der Waals surface area contributed by atoms with Crippen molar-refractivity contribution in [2.24, 2.45) is 0 Å². The highest BCUT2D eigenvalue weighted by Crippen LogP contribution is 2.27. The van der Waals surface area contributed by atoms with E-state index in [1.54, 1.807) is 0 Å². The predicted molar refractivity (Wildman–Crippen MR) is 134 cm³/mol. The Bertz CT molecular complexity index is 442. The second kappa shape index (κ2) is 11.9. The van der Waals surface area contributed by atoms with Crippen LogP contribution in [-0.2, 0) is 12.3 Å². The van der Waals surface area contributed by atoms with Crippen molar-refractivity contribution in [3.63, 3.8) is 0 Å². The van der Waals surface area contributed by atoms with E-state index in [2.05, 4.69) is 89.6 Å². The van der Waals surface area contributed by atoms with Crippen LogP contribution in [0.1, 0.15) is 20.3 Å². The highest BCUT2D eigenvalue weighted by molar-refractivity contribution is 6.89. The molecule has 0 rings (SSSR count). The summed E-state index contributed by atoms with van der Waals surface area (Å²) in [5.74, 6) is 0. The van der Waals surface area contributed by atoms with Crippen molar-refractivity contribution in [3.05, 3.63) is 0 Å². The molecule has 0 N–H and O–H groups in total. The van der Waals surface area contributed by atoms with Gasteiger partial charge in [-0.15, -0.1) is 0 Å². The number of nitrogens with zero attached hydrogens (tertiary/aromatic N) is 2. The van der Waals surface area contributed by atoms with Crippen molar-refractivity contribution in [3.8, 4) is 0 Å². The van der Waals surface area contributed by atoms with Gasteiger partial charge in [-0.05, 0) is 98.1 Å². The van der Waals surface area contributed by atoms with E-state index < -0.39 is 33.8 Å². The average molecular weight is 467 g/mol. The van der Waals surface area contributed by atoms with Gasteiger partial charge in [-0.1, -0.05) is 13.8 Å². The highest BCUT2D eigenvalue weighted by atomic mass is 28.5. The van der Waals surface area contributed by atoms with Crippen LogP contribution in [0.2, 0.25) is 65.0 Å². The minimum Gasteiger partial charge on any atom is -0.437 e. The fourth-order valence-electron chi connectivity index (χ4n) is 3.57. The fraction of sp³-hybridized carbons (Fsp3) is 1.00. The van der Waals surface area contributed by atoms with Gasteiger partial charge >= 0.3 is 17.1 Å². The Labute approximate surface area is 180 Å². The molecule has 0 radical (unpaired) electrons. The summed E-state index contributed by atoms with van der Waals surface area (Å²) in [5.41, 5.74) is 0. The van der Waals surface area contributed by atoms with Gasteiger partial charge in [-0.3, -0.25) is 0 Å². The summed E-state index contributed by atoms with van der Waals surface area (Å²) in [7, 11) is -5.58. The van der Waals surface area contributed by atoms with Gasteiger partial charge in [0.15, 0.2) is 16.6 Å². The lowest BCUT2D eigenvalue weighted by molar-refractivity contribution is 0.235. The van der Waals surface area contributed by atoms with Crippen LogP contribution >= 0.6 is 0 Å². The van der Waals surface area contributed by atoms with E-state index in [-0.39, 0.29) is 0 Å². The van der Waals surface area contributed by atoms with Crippen LogP contribution in [0.25, 0.3) is 0 Å². The number of hydrogen-bond donors (Lipinski definition) is 0. The molecule has 0 spiro atoms. The smallest absolute Gasteiger partial charge is 0.315 e. The molecule has 0 aliphatic rings. The maximum atomic E-state index is 6.78. The van der Waals surface area contributed by atoms with Crippen LogP contribution in [-0.4, -0.2) is 83.3 Å². The normalized spacial score (nSPS) is 16.1. The molecule has 9 heteroatoms. The second-order valence-corrected chi connectivity index (χ2v) is 27.0. The maximum Gasteiger partial charge on any atom is 0.315 e. The van der Waals surface area contributed by atoms with E-state index in [1.807, 2.05) is 0 Å². The van der Waals surface area contributed by atoms with E-state index in [1.165, 1.54) is 0 Å². The topological polar surface area (TPSA) is 34.2 Å². The molecular weight excluding hydrogens is 417 g/mol. The lowest BCUT2D eigenvalue weighted by Crippen LogP contribution is -2.57. The number of hydrogen-bond acceptors (Lipinski definition) is 5. The summed E-state index contributed by atoms with van der Waals surface area (Å²) in [4.78, 5) is 4.93. The third kappa shape index (κ3) is 14.6. The van der Waals surface area contributed by atoms with Gasteiger partial charge in [0.1, 0.15) is 0 Å². The Morgan fingerprint density at radius 2 is 1.18 bits per heavy atom. The summed E-state index contributed by atoms with van der Waals surface area (Å²) in [6, 6.07) is 1.04. The molecule has 170 valence electrons. The summed E-state index contributed by atoms with van der Waals surface area (Å²) in [6.07, 6.45) is 1.13. The summed E-state index contributed by atoms with van der Waals surface area (Å²) in [6.45, 7) is 30.3. The standard InChI is InChI=1S/C19H50N2O3Si4/c1-13-20(3)17-18-21(14-2)16-15-19-28(12,23-26(7,8)9)24-27(10,11)22-25(4,5)6/h13-19H2,1-12H3. The Hall–Kier alpha value is 0.668. The highest BCUT2D eigenvalue weighted by Gasteiger charge is 2.44. The van der Waals surface area contributed by atoms with E-state index >= 15 is 0 Å². The Balaban J connectivity index is 4.96. The van der Waals surface area contributed by atoms with Crippen molar-refractivity contribution >= 4 is 33.8 Å². The van der Waals surface area contributed by atoms with Gasteiger partial charge in [0.2, 0.25) is 0 Å². The molecule has 0 saturated heterocycles. The zero-order valence-corrected chi connectivity index (χ0v) is 25.1. The fourth-order valence-corrected chi connectivity index (χ4v) is 21.5. The number of likely N-dealkylation sites (N-methyl/N-ethyl adjacent to an activating group) is 2. The van der Waals surface area contributed by atoms with Gasteiger partial charge in [-0.2, -0.15) is 0 Å². The van der Waals surface area contributed by atoms with Crippen molar-refractivity contribution in [1.29, 1.82) is 0 Å². The largest absolute Gasteiger partial charge is 0.437 e. The first-order valence-corrected chi connectivity index (χ1v) is 23.2. The van der Waals surface area contributed by atoms with Gasteiger partial charge in [0.05, 0.1) is 0 Å². The molecule has 0 bridgehead atoms. The molecule has 0 aromatic carbocycles. The first-order chi connectivity index (χ1) is 12.5. The molecule has 5 nitrogen and oxygen atoms in total. The quantitative estimate of drug-likeness (QED) is 0.312. The molecule has 0 heterocycles. The second-order valence-electron chi connectivity index (χ2n) is 10.5. The predicted octanol–water partition coefficient (Wildman–Crippen LogP) is 5.14. The minimum absolute atomic E-state index is 1.04. The molecule has 0 aliphatic heterocycles. The van der Waals surface area contributed by atoms with Crippen LogP contribution in [0.15, 0.2) is 0 Å². The molecule has 28 heavy (non-hydrogen) atoms. The van der Waals surface area contributed by atoms with Crippen LogP contribution in [0.5, 0.6) is 0 Å². The van der Waals surface area contributed by atoms with Gasteiger partial charge < -0.3 is 22.1 Å². The van der Waals surface area contributed by atoms with E-state index in [4.69, 9.17) is 12.3 Å². The molecule has 0 aromatic rings.